The van der Waals surface area contributed by atoms with Crippen LogP contribution < -0.4 is 0 Å². The Kier molecular flexibility index (Phi) is 24.1. The van der Waals surface area contributed by atoms with Gasteiger partial charge in [-0.15, -0.1) is 101 Å². The maximum Gasteiger partial charge on any atom is 0.155 e. The zero-order valence-corrected chi connectivity index (χ0v) is 52.4. The number of pyridine rings is 3. The first-order chi connectivity index (χ1) is 36.0. The summed E-state index contributed by atoms with van der Waals surface area (Å²) in [6, 6.07) is 64.1. The second-order valence-corrected chi connectivity index (χ2v) is 18.6. The largest absolute Gasteiger partial charge is 0.512 e. The number of rotatable bonds is 5. The molecule has 0 atom stereocenters. The number of aromatic nitrogens is 4. The van der Waals surface area contributed by atoms with E-state index in [1.165, 1.54) is 106 Å². The number of aliphatic hydroxyl groups is 2. The minimum atomic E-state index is -0.125. The maximum atomic E-state index is 10.0. The Morgan fingerprint density at radius 1 is 0.513 bits per heavy atom. The van der Waals surface area contributed by atoms with Crippen LogP contribution in [0.3, 0.4) is 0 Å². The Bertz CT molecular complexity index is 3870. The number of hydrogen-bond acceptors (Lipinski definition) is 7. The van der Waals surface area contributed by atoms with Crippen molar-refractivity contribution in [1.29, 1.82) is 0 Å². The monoisotopic (exact) mass is 1560 g/mol. The van der Waals surface area contributed by atoms with Crippen molar-refractivity contribution in [2.24, 2.45) is 0 Å². The predicted octanol–water partition coefficient (Wildman–Crippen LogP) is 16.4. The van der Waals surface area contributed by atoms with Crippen molar-refractivity contribution < 1.29 is 80.1 Å². The van der Waals surface area contributed by atoms with E-state index in [2.05, 4.69) is 167 Å². The molecule has 8 nitrogen and oxygen atoms in total. The summed E-state index contributed by atoms with van der Waals surface area (Å²) in [4.78, 5) is 34.3. The molecule has 2 N–H and O–H groups in total. The van der Waals surface area contributed by atoms with Crippen LogP contribution in [0.5, 0.6) is 0 Å². The molecule has 0 saturated carbocycles. The standard InChI is InChI=1S/C24H19N2.C17H14N.C16H12N.2C5H8O2.3Ir/c1-15-11-12-21-20(13-15)18-9-4-5-10-19(18)24-25-14-22(26(21)24)23-16(2)7-6-8-17(23)3;1-12-4-3-5-15(10-12)16-9-8-14-7-6-13(2)11-17(14)18-16;1-12-11-14-9-5-6-10-15(14)17-16(12)13-7-3-2-4-8-13;2*1-4(6)3-5(2)7;;;/h4-9,11-14H,1-3H3;3-4,6-11H,1-2H3;2-7,9-11H,1H3;2*3,6H,1-2H3;;;/q3*-1;;;;;. The third-order valence-electron chi connectivity index (χ3n) is 12.0. The van der Waals surface area contributed by atoms with Crippen LogP contribution in [-0.2, 0) is 69.9 Å². The van der Waals surface area contributed by atoms with Crippen LogP contribution in [0.2, 0.25) is 0 Å². The van der Waals surface area contributed by atoms with Crippen LogP contribution in [0.15, 0.2) is 188 Å². The first-order valence-corrected chi connectivity index (χ1v) is 24.7. The van der Waals surface area contributed by atoms with Gasteiger partial charge in [0.05, 0.1) is 33.9 Å². The van der Waals surface area contributed by atoms with Gasteiger partial charge in [0.2, 0.25) is 0 Å². The van der Waals surface area contributed by atoms with Crippen molar-refractivity contribution in [3.63, 3.8) is 0 Å². The molecule has 0 aliphatic carbocycles. The van der Waals surface area contributed by atoms with E-state index in [1.807, 2.05) is 60.8 Å². The Morgan fingerprint density at radius 3 is 1.77 bits per heavy atom. The average Bonchev–Trinajstić information content (AvgIpc) is 3.88. The third-order valence-corrected chi connectivity index (χ3v) is 12.0. The van der Waals surface area contributed by atoms with Gasteiger partial charge in [0.25, 0.3) is 0 Å². The summed E-state index contributed by atoms with van der Waals surface area (Å²) < 4.78 is 2.29. The minimum Gasteiger partial charge on any atom is -0.512 e. The molecule has 7 aromatic carbocycles. The smallest absolute Gasteiger partial charge is 0.155 e. The topological polar surface area (TPSA) is 118 Å². The molecule has 0 amide bonds. The summed E-state index contributed by atoms with van der Waals surface area (Å²) in [5, 5.41) is 22.6. The van der Waals surface area contributed by atoms with E-state index in [0.717, 1.165) is 50.3 Å². The van der Waals surface area contributed by atoms with Gasteiger partial charge in [-0.1, -0.05) is 102 Å². The molecule has 11 rings (SSSR count). The van der Waals surface area contributed by atoms with Gasteiger partial charge < -0.3 is 14.6 Å². The zero-order chi connectivity index (χ0) is 53.8. The van der Waals surface area contributed by atoms with E-state index in [0.29, 0.717) is 0 Å². The number of benzene rings is 7. The van der Waals surface area contributed by atoms with E-state index in [9.17, 15) is 9.59 Å². The molecule has 3 radical (unpaired) electrons. The molecular weight excluding hydrogens is 1500 g/mol. The van der Waals surface area contributed by atoms with Gasteiger partial charge >= 0.3 is 0 Å². The summed E-state index contributed by atoms with van der Waals surface area (Å²) in [5.74, 6) is -0.125. The van der Waals surface area contributed by atoms with E-state index >= 15 is 0 Å². The molecule has 78 heavy (non-hydrogen) atoms. The van der Waals surface area contributed by atoms with Gasteiger partial charge in [0.15, 0.2) is 11.6 Å². The number of aryl methyl sites for hydroxylation is 6. The van der Waals surface area contributed by atoms with E-state index in [-0.39, 0.29) is 83.4 Å². The van der Waals surface area contributed by atoms with Crippen molar-refractivity contribution in [3.05, 3.63) is 239 Å². The Labute approximate surface area is 498 Å². The van der Waals surface area contributed by atoms with Crippen LogP contribution in [0.4, 0.5) is 0 Å². The summed E-state index contributed by atoms with van der Waals surface area (Å²) in [7, 11) is 0. The first kappa shape index (κ1) is 63.5. The van der Waals surface area contributed by atoms with Crippen LogP contribution in [0.25, 0.3) is 82.9 Å². The Morgan fingerprint density at radius 2 is 1.13 bits per heavy atom. The fourth-order valence-corrected chi connectivity index (χ4v) is 8.80. The average molecular weight is 1560 g/mol. The van der Waals surface area contributed by atoms with Crippen LogP contribution >= 0.6 is 0 Å². The van der Waals surface area contributed by atoms with Gasteiger partial charge in [-0.05, 0) is 125 Å². The second kappa shape index (κ2) is 29.6. The van der Waals surface area contributed by atoms with Crippen molar-refractivity contribution in [3.8, 4) is 33.8 Å². The van der Waals surface area contributed by atoms with Crippen molar-refractivity contribution in [1.82, 2.24) is 19.4 Å². The van der Waals surface area contributed by atoms with E-state index in [4.69, 9.17) is 25.2 Å². The second-order valence-electron chi connectivity index (χ2n) is 18.6. The molecule has 11 aromatic rings. The number of hydrogen-bond donors (Lipinski definition) is 2. The molecule has 4 heterocycles. The number of carbonyl (C=O) groups excluding carboxylic acids is 2. The van der Waals surface area contributed by atoms with Gasteiger partial charge in [-0.25, -0.2) is 0 Å². The summed E-state index contributed by atoms with van der Waals surface area (Å²) in [6.45, 7) is 18.4. The van der Waals surface area contributed by atoms with Gasteiger partial charge in [0, 0.05) is 89.7 Å². The van der Waals surface area contributed by atoms with Gasteiger partial charge in [-0.3, -0.25) is 24.5 Å². The van der Waals surface area contributed by atoms with Crippen LogP contribution in [0.1, 0.15) is 61.1 Å². The summed E-state index contributed by atoms with van der Waals surface area (Å²) in [6.07, 6.45) is 4.34. The minimum absolute atomic E-state index is 0. The SMILES string of the molecule is CC(=O)C=C(C)O.CC(=O)C=C(C)O.Cc1cc2ccccc2nc1-c1[c-]cccc1.Cc1cc[c-]c(-c2ccc3ccc(C)cc3n2)c1.Cc1ccc2c(c1)c1ccc[c-]c1c1ncc(-c3c(C)cccc3C)n21.[Ir].[Ir].[Ir]. The van der Waals surface area contributed by atoms with Crippen LogP contribution in [-0.4, -0.2) is 41.1 Å². The van der Waals surface area contributed by atoms with Crippen LogP contribution in [0, 0.1) is 59.7 Å². The number of imidazole rings is 1. The van der Waals surface area contributed by atoms with Crippen molar-refractivity contribution >= 4 is 60.7 Å². The summed E-state index contributed by atoms with van der Waals surface area (Å²) >= 11 is 0. The molecule has 0 saturated heterocycles. The van der Waals surface area contributed by atoms with Gasteiger partial charge in [-0.2, -0.15) is 0 Å². The number of carbonyl (C=O) groups is 2. The molecule has 0 aliphatic rings. The summed E-state index contributed by atoms with van der Waals surface area (Å²) in [5.41, 5.74) is 18.2. The molecule has 0 spiro atoms. The predicted molar refractivity (Wildman–Crippen MR) is 309 cm³/mol. The first-order valence-electron chi connectivity index (χ1n) is 24.7. The maximum absolute atomic E-state index is 10.0. The normalized spacial score (nSPS) is 10.7. The zero-order valence-electron chi connectivity index (χ0n) is 45.2. The number of allylic oxidation sites excluding steroid dienone is 4. The van der Waals surface area contributed by atoms with E-state index < -0.39 is 0 Å². The molecule has 0 aliphatic heterocycles. The fourth-order valence-electron chi connectivity index (χ4n) is 8.80. The molecule has 0 bridgehead atoms. The molecule has 11 heteroatoms. The van der Waals surface area contributed by atoms with E-state index in [1.54, 1.807) is 0 Å². The number of para-hydroxylation sites is 1. The van der Waals surface area contributed by atoms with Crippen molar-refractivity contribution in [2.45, 2.75) is 69.2 Å². The molecule has 4 aromatic heterocycles. The Balaban J connectivity index is 0.000000225. The number of nitrogens with zero attached hydrogens (tertiary/aromatic N) is 4. The number of ketones is 2. The Hall–Kier alpha value is -7.06. The van der Waals surface area contributed by atoms with Crippen molar-refractivity contribution in [2.75, 3.05) is 0 Å². The number of aliphatic hydroxyl groups excluding tert-OH is 2. The molecular formula is C67H61Ir3N4O4-3. The molecule has 0 unspecified atom stereocenters. The quantitative estimate of drug-likeness (QED) is 0.0763. The fraction of sp³-hybridized carbons (Fsp3) is 0.149. The molecule has 403 valence electrons. The molecule has 0 fully saturated rings. The van der Waals surface area contributed by atoms with Gasteiger partial charge in [0.1, 0.15) is 0 Å². The third kappa shape index (κ3) is 16.5. The number of fused-ring (bicyclic) bond motifs is 8.